The number of aromatic nitrogens is 2. The molecule has 0 saturated carbocycles. The van der Waals surface area contributed by atoms with E-state index in [1.54, 1.807) is 19.3 Å². The Labute approximate surface area is 167 Å². The Morgan fingerprint density at radius 2 is 1.97 bits per heavy atom. The largest absolute Gasteiger partial charge is 0.388 e. The van der Waals surface area contributed by atoms with Gasteiger partial charge in [-0.2, -0.15) is 5.26 Å². The Morgan fingerprint density at radius 3 is 2.66 bits per heavy atom. The molecule has 2 heterocycles. The highest BCUT2D eigenvalue weighted by Crippen LogP contribution is 2.38. The van der Waals surface area contributed by atoms with Crippen LogP contribution in [0.3, 0.4) is 0 Å². The van der Waals surface area contributed by atoms with Gasteiger partial charge in [-0.25, -0.2) is 4.39 Å². The number of hydrogen-bond donors (Lipinski definition) is 2. The van der Waals surface area contributed by atoms with Crippen molar-refractivity contribution in [3.63, 3.8) is 0 Å². The fourth-order valence-electron chi connectivity index (χ4n) is 3.56. The van der Waals surface area contributed by atoms with Crippen LogP contribution in [0.1, 0.15) is 11.1 Å². The normalized spacial score (nSPS) is 10.7. The summed E-state index contributed by atoms with van der Waals surface area (Å²) in [6, 6.07) is 14.2. The molecule has 0 saturated heterocycles. The van der Waals surface area contributed by atoms with Crippen molar-refractivity contribution in [3.8, 4) is 28.5 Å². The van der Waals surface area contributed by atoms with Crippen LogP contribution in [0.15, 0.2) is 54.9 Å². The highest BCUT2D eigenvalue weighted by atomic mass is 19.1. The zero-order valence-electron chi connectivity index (χ0n) is 16.0. The number of anilines is 1. The van der Waals surface area contributed by atoms with Crippen molar-refractivity contribution in [2.24, 2.45) is 7.05 Å². The van der Waals surface area contributed by atoms with E-state index < -0.39 is 5.82 Å². The first-order valence-corrected chi connectivity index (χ1v) is 9.04. The van der Waals surface area contributed by atoms with E-state index in [4.69, 9.17) is 10.7 Å². The Hall–Kier alpha value is -3.98. The van der Waals surface area contributed by atoms with Gasteiger partial charge in [0.1, 0.15) is 11.9 Å². The third-order valence-electron chi connectivity index (χ3n) is 5.07. The molecule has 4 aromatic rings. The quantitative estimate of drug-likeness (QED) is 0.489. The van der Waals surface area contributed by atoms with Gasteiger partial charge in [0.25, 0.3) is 0 Å². The molecule has 0 aliphatic carbocycles. The van der Waals surface area contributed by atoms with Crippen molar-refractivity contribution < 1.29 is 4.39 Å². The highest BCUT2D eigenvalue weighted by molar-refractivity contribution is 6.02. The Bertz CT molecular complexity index is 1300. The van der Waals surface area contributed by atoms with Crippen LogP contribution in [0.25, 0.3) is 33.3 Å². The molecule has 2 aromatic carbocycles. The molecular formula is C23H18FN5. The van der Waals surface area contributed by atoms with Crippen LogP contribution in [-0.4, -0.2) is 22.8 Å². The summed E-state index contributed by atoms with van der Waals surface area (Å²) in [7, 11) is 3.74. The molecule has 0 unspecified atom stereocenters. The van der Waals surface area contributed by atoms with Crippen LogP contribution in [0, 0.1) is 22.6 Å². The zero-order chi connectivity index (χ0) is 20.5. The second kappa shape index (κ2) is 7.21. The molecule has 6 heteroatoms. The SMILES string of the molecule is CNc1ccc(-c2ncc3c(ccn3C)c2-c2ccc(C#N)c(F)c2)cc1C=N. The predicted octanol–water partition coefficient (Wildman–Crippen LogP) is 4.96. The summed E-state index contributed by atoms with van der Waals surface area (Å²) >= 11 is 0. The third kappa shape index (κ3) is 3.03. The summed E-state index contributed by atoms with van der Waals surface area (Å²) in [6.07, 6.45) is 5.02. The van der Waals surface area contributed by atoms with E-state index in [0.717, 1.165) is 33.3 Å². The van der Waals surface area contributed by atoms with Crippen LogP contribution < -0.4 is 5.32 Å². The van der Waals surface area contributed by atoms with Gasteiger partial charge in [-0.3, -0.25) is 4.98 Å². The number of nitrogens with one attached hydrogen (secondary N) is 2. The fourth-order valence-corrected chi connectivity index (χ4v) is 3.56. The first-order chi connectivity index (χ1) is 14.1. The van der Waals surface area contributed by atoms with Crippen molar-refractivity contribution in [1.29, 1.82) is 10.7 Å². The number of aryl methyl sites for hydroxylation is 1. The predicted molar refractivity (Wildman–Crippen MR) is 114 cm³/mol. The third-order valence-corrected chi connectivity index (χ3v) is 5.07. The van der Waals surface area contributed by atoms with E-state index >= 15 is 0 Å². The standard InChI is InChI=1S/C23H18FN5/c1-27-20-6-5-15(9-17(20)12-26)23-22(14-3-4-16(11-25)19(24)10-14)18-7-8-29(2)21(18)13-28-23/h3-10,12-13,26-27H,1-2H3. The molecular weight excluding hydrogens is 365 g/mol. The second-order valence-corrected chi connectivity index (χ2v) is 6.71. The Morgan fingerprint density at radius 1 is 1.17 bits per heavy atom. The summed E-state index contributed by atoms with van der Waals surface area (Å²) in [4.78, 5) is 4.69. The van der Waals surface area contributed by atoms with Gasteiger partial charge in [0.15, 0.2) is 0 Å². The van der Waals surface area contributed by atoms with Crippen molar-refractivity contribution in [2.45, 2.75) is 0 Å². The monoisotopic (exact) mass is 383 g/mol. The molecule has 0 amide bonds. The minimum absolute atomic E-state index is 0.00737. The molecule has 0 aliphatic heterocycles. The molecule has 0 bridgehead atoms. The molecule has 2 aromatic heterocycles. The minimum Gasteiger partial charge on any atom is -0.388 e. The number of rotatable bonds is 4. The number of nitrogens with zero attached hydrogens (tertiary/aromatic N) is 3. The lowest BCUT2D eigenvalue weighted by Gasteiger charge is -2.14. The van der Waals surface area contributed by atoms with Crippen LogP contribution in [0.5, 0.6) is 0 Å². The summed E-state index contributed by atoms with van der Waals surface area (Å²) in [6.45, 7) is 0. The fraction of sp³-hybridized carbons (Fsp3) is 0.0870. The van der Waals surface area contributed by atoms with Crippen molar-refractivity contribution >= 4 is 22.8 Å². The molecule has 4 rings (SSSR count). The lowest BCUT2D eigenvalue weighted by atomic mass is 9.94. The first kappa shape index (κ1) is 18.4. The van der Waals surface area contributed by atoms with Crippen LogP contribution in [0.2, 0.25) is 0 Å². The molecule has 142 valence electrons. The summed E-state index contributed by atoms with van der Waals surface area (Å²) in [5, 5.41) is 20.8. The van der Waals surface area contributed by atoms with Gasteiger partial charge in [-0.05, 0) is 35.9 Å². The van der Waals surface area contributed by atoms with Gasteiger partial charge in [-0.1, -0.05) is 12.1 Å². The number of pyridine rings is 1. The molecule has 0 fully saturated rings. The number of nitriles is 1. The smallest absolute Gasteiger partial charge is 0.141 e. The molecule has 0 atom stereocenters. The maximum atomic E-state index is 14.4. The van der Waals surface area contributed by atoms with E-state index in [9.17, 15) is 4.39 Å². The zero-order valence-corrected chi connectivity index (χ0v) is 16.0. The van der Waals surface area contributed by atoms with E-state index in [2.05, 4.69) is 10.3 Å². The second-order valence-electron chi connectivity index (χ2n) is 6.71. The lowest BCUT2D eigenvalue weighted by Crippen LogP contribution is -1.97. The first-order valence-electron chi connectivity index (χ1n) is 9.04. The van der Waals surface area contributed by atoms with E-state index in [0.29, 0.717) is 11.3 Å². The maximum absolute atomic E-state index is 14.4. The van der Waals surface area contributed by atoms with Gasteiger partial charge in [0.2, 0.25) is 0 Å². The van der Waals surface area contributed by atoms with Gasteiger partial charge in [0, 0.05) is 54.3 Å². The molecule has 2 N–H and O–H groups in total. The van der Waals surface area contributed by atoms with Gasteiger partial charge in [0.05, 0.1) is 23.0 Å². The van der Waals surface area contributed by atoms with Crippen LogP contribution in [0.4, 0.5) is 10.1 Å². The van der Waals surface area contributed by atoms with Crippen molar-refractivity contribution in [1.82, 2.24) is 9.55 Å². The van der Waals surface area contributed by atoms with Gasteiger partial charge in [-0.15, -0.1) is 0 Å². The topological polar surface area (TPSA) is 77.5 Å². The van der Waals surface area contributed by atoms with Gasteiger partial charge >= 0.3 is 0 Å². The summed E-state index contributed by atoms with van der Waals surface area (Å²) in [5.74, 6) is -0.561. The van der Waals surface area contributed by atoms with Crippen molar-refractivity contribution in [2.75, 3.05) is 12.4 Å². The van der Waals surface area contributed by atoms with E-state index in [1.165, 1.54) is 18.3 Å². The maximum Gasteiger partial charge on any atom is 0.141 e. The highest BCUT2D eigenvalue weighted by Gasteiger charge is 2.17. The molecule has 0 spiro atoms. The molecule has 5 nitrogen and oxygen atoms in total. The Kier molecular flexibility index (Phi) is 4.57. The summed E-state index contributed by atoms with van der Waals surface area (Å²) < 4.78 is 16.4. The molecule has 0 radical (unpaired) electrons. The lowest BCUT2D eigenvalue weighted by molar-refractivity contribution is 0.624. The van der Waals surface area contributed by atoms with Gasteiger partial charge < -0.3 is 15.3 Å². The van der Waals surface area contributed by atoms with E-state index in [1.807, 2.05) is 48.1 Å². The minimum atomic E-state index is -0.561. The number of fused-ring (bicyclic) bond motifs is 1. The average Bonchev–Trinajstić information content (AvgIpc) is 3.13. The van der Waals surface area contributed by atoms with Crippen LogP contribution in [-0.2, 0) is 7.05 Å². The summed E-state index contributed by atoms with van der Waals surface area (Å²) in [5.41, 5.74) is 5.47. The average molecular weight is 383 g/mol. The van der Waals surface area contributed by atoms with E-state index in [-0.39, 0.29) is 5.56 Å². The number of halogens is 1. The molecule has 0 aliphatic rings. The van der Waals surface area contributed by atoms with Crippen molar-refractivity contribution in [3.05, 3.63) is 71.8 Å². The number of benzene rings is 2. The van der Waals surface area contributed by atoms with Crippen LogP contribution >= 0.6 is 0 Å². The molecule has 29 heavy (non-hydrogen) atoms. The number of hydrogen-bond acceptors (Lipinski definition) is 4. The Balaban J connectivity index is 2.03.